The van der Waals surface area contributed by atoms with Crippen molar-refractivity contribution in [2.24, 2.45) is 11.5 Å². The Morgan fingerprint density at radius 1 is 1.42 bits per heavy atom. The zero-order valence-corrected chi connectivity index (χ0v) is 6.57. The molecule has 0 bridgehead atoms. The third kappa shape index (κ3) is 5.10. The van der Waals surface area contributed by atoms with E-state index in [1.165, 1.54) is 7.11 Å². The normalized spacial score (nSPS) is 10.6. The monoisotopic (exact) mass is 174 g/mol. The molecule has 0 aromatic heterocycles. The quantitative estimate of drug-likeness (QED) is 0.426. The molecule has 0 unspecified atom stereocenters. The van der Waals surface area contributed by atoms with E-state index in [-0.39, 0.29) is 12.3 Å². The second-order valence-electron chi connectivity index (χ2n) is 1.85. The molecule has 0 rings (SSSR count). The van der Waals surface area contributed by atoms with Crippen LogP contribution in [-0.2, 0) is 14.3 Å². The maximum absolute atomic E-state index is 10.5. The summed E-state index contributed by atoms with van der Waals surface area (Å²) in [5.74, 6) is -0.611. The average Bonchev–Trinajstić information content (AvgIpc) is 2.00. The predicted octanol–water partition coefficient (Wildman–Crippen LogP) is -0.903. The zero-order valence-electron chi connectivity index (χ0n) is 6.57. The van der Waals surface area contributed by atoms with Crippen molar-refractivity contribution in [2.75, 3.05) is 13.7 Å². The smallest absolute Gasteiger partial charge is 0.404 e. The van der Waals surface area contributed by atoms with Gasteiger partial charge in [-0.2, -0.15) is 0 Å². The molecule has 6 nitrogen and oxygen atoms in total. The zero-order chi connectivity index (χ0) is 9.56. The van der Waals surface area contributed by atoms with Gasteiger partial charge in [0, 0.05) is 6.08 Å². The fourth-order valence-electron chi connectivity index (χ4n) is 0.406. The highest BCUT2D eigenvalue weighted by Gasteiger charge is 1.99. The minimum Gasteiger partial charge on any atom is -0.466 e. The maximum atomic E-state index is 10.5. The third-order valence-electron chi connectivity index (χ3n) is 0.886. The Balaban J connectivity index is 3.85. The van der Waals surface area contributed by atoms with E-state index in [1.807, 2.05) is 0 Å². The molecular weight excluding hydrogens is 164 g/mol. The fraction of sp³-hybridized carbons (Fsp3) is 0.333. The molecule has 0 fully saturated rings. The van der Waals surface area contributed by atoms with Crippen LogP contribution in [0.5, 0.6) is 0 Å². The van der Waals surface area contributed by atoms with E-state index < -0.39 is 12.1 Å². The van der Waals surface area contributed by atoms with Gasteiger partial charge in [0.15, 0.2) is 0 Å². The van der Waals surface area contributed by atoms with Crippen molar-refractivity contribution in [3.8, 4) is 0 Å². The van der Waals surface area contributed by atoms with Crippen LogP contribution in [0.1, 0.15) is 0 Å². The van der Waals surface area contributed by atoms with Gasteiger partial charge in [0.25, 0.3) is 0 Å². The predicted molar refractivity (Wildman–Crippen MR) is 39.8 cm³/mol. The molecule has 0 atom stereocenters. The summed E-state index contributed by atoms with van der Waals surface area (Å²) in [7, 11) is 1.21. The van der Waals surface area contributed by atoms with Crippen molar-refractivity contribution < 1.29 is 19.1 Å². The van der Waals surface area contributed by atoms with Crippen LogP contribution in [0, 0.1) is 0 Å². The molecule has 0 aliphatic carbocycles. The van der Waals surface area contributed by atoms with Gasteiger partial charge in [0.05, 0.1) is 12.8 Å². The molecule has 0 aromatic rings. The van der Waals surface area contributed by atoms with Crippen LogP contribution in [0.2, 0.25) is 0 Å². The number of amides is 1. The second kappa shape index (κ2) is 5.00. The maximum Gasteiger partial charge on any atom is 0.404 e. The summed E-state index contributed by atoms with van der Waals surface area (Å²) >= 11 is 0. The summed E-state index contributed by atoms with van der Waals surface area (Å²) < 4.78 is 8.55. The van der Waals surface area contributed by atoms with Crippen LogP contribution in [0.3, 0.4) is 0 Å². The molecule has 12 heavy (non-hydrogen) atoms. The summed E-state index contributed by atoms with van der Waals surface area (Å²) in [5.41, 5.74) is 9.94. The van der Waals surface area contributed by atoms with Crippen LogP contribution < -0.4 is 11.5 Å². The average molecular weight is 174 g/mol. The number of hydrogen-bond acceptors (Lipinski definition) is 5. The van der Waals surface area contributed by atoms with Gasteiger partial charge >= 0.3 is 12.1 Å². The topological polar surface area (TPSA) is 105 Å². The first-order chi connectivity index (χ1) is 5.56. The summed E-state index contributed by atoms with van der Waals surface area (Å²) in [6.45, 7) is -0.218. The summed E-state index contributed by atoms with van der Waals surface area (Å²) in [6.07, 6.45) is 0.0550. The van der Waals surface area contributed by atoms with Crippen LogP contribution in [0.25, 0.3) is 0 Å². The van der Waals surface area contributed by atoms with Gasteiger partial charge in [0.1, 0.15) is 6.61 Å². The van der Waals surface area contributed by atoms with Gasteiger partial charge in [-0.3, -0.25) is 0 Å². The standard InChI is InChI=1S/C6H10N2O4/c1-11-5(9)2-4(7)3-12-6(8)10/h2H,3,7H2,1H3,(H2,8,10). The number of hydrogen-bond donors (Lipinski definition) is 2. The van der Waals surface area contributed by atoms with E-state index in [4.69, 9.17) is 5.73 Å². The molecule has 0 radical (unpaired) electrons. The van der Waals surface area contributed by atoms with E-state index in [0.717, 1.165) is 6.08 Å². The molecule has 0 aliphatic heterocycles. The first-order valence-corrected chi connectivity index (χ1v) is 3.02. The van der Waals surface area contributed by atoms with Crippen LogP contribution >= 0.6 is 0 Å². The van der Waals surface area contributed by atoms with Crippen molar-refractivity contribution in [3.05, 3.63) is 11.8 Å². The van der Waals surface area contributed by atoms with Crippen LogP contribution in [0.4, 0.5) is 4.79 Å². The number of rotatable bonds is 3. The van der Waals surface area contributed by atoms with E-state index >= 15 is 0 Å². The highest BCUT2D eigenvalue weighted by atomic mass is 16.5. The Labute approximate surface area is 69.1 Å². The fourth-order valence-corrected chi connectivity index (χ4v) is 0.406. The first-order valence-electron chi connectivity index (χ1n) is 3.02. The number of primary amides is 1. The van der Waals surface area contributed by atoms with Crippen LogP contribution in [0.15, 0.2) is 11.8 Å². The van der Waals surface area contributed by atoms with Gasteiger partial charge < -0.3 is 20.9 Å². The lowest BCUT2D eigenvalue weighted by atomic mass is 10.4. The Morgan fingerprint density at radius 3 is 2.42 bits per heavy atom. The number of nitrogens with two attached hydrogens (primary N) is 2. The van der Waals surface area contributed by atoms with Gasteiger partial charge in [-0.15, -0.1) is 0 Å². The number of esters is 1. The molecule has 0 spiro atoms. The number of carbonyl (C=O) groups excluding carboxylic acids is 2. The van der Waals surface area contributed by atoms with Crippen molar-refractivity contribution in [3.63, 3.8) is 0 Å². The third-order valence-corrected chi connectivity index (χ3v) is 0.886. The molecule has 0 aromatic carbocycles. The molecular formula is C6H10N2O4. The molecule has 0 saturated carbocycles. The van der Waals surface area contributed by atoms with Gasteiger partial charge in [-0.25, -0.2) is 9.59 Å². The van der Waals surface area contributed by atoms with Crippen molar-refractivity contribution in [2.45, 2.75) is 0 Å². The summed E-state index contributed by atoms with van der Waals surface area (Å²) in [5, 5.41) is 0. The van der Waals surface area contributed by atoms with E-state index in [1.54, 1.807) is 0 Å². The Bertz CT molecular complexity index is 212. The summed E-state index contributed by atoms with van der Waals surface area (Å²) in [6, 6.07) is 0. The lowest BCUT2D eigenvalue weighted by molar-refractivity contribution is -0.134. The van der Waals surface area contributed by atoms with Gasteiger partial charge in [-0.05, 0) is 0 Å². The Morgan fingerprint density at radius 2 is 2.00 bits per heavy atom. The van der Waals surface area contributed by atoms with Gasteiger partial charge in [0.2, 0.25) is 0 Å². The second-order valence-corrected chi connectivity index (χ2v) is 1.85. The number of ether oxygens (including phenoxy) is 2. The highest BCUT2D eigenvalue weighted by molar-refractivity contribution is 5.82. The largest absolute Gasteiger partial charge is 0.466 e. The van der Waals surface area contributed by atoms with Crippen molar-refractivity contribution in [1.82, 2.24) is 0 Å². The van der Waals surface area contributed by atoms with Gasteiger partial charge in [-0.1, -0.05) is 0 Å². The van der Waals surface area contributed by atoms with E-state index in [9.17, 15) is 9.59 Å². The molecule has 6 heteroatoms. The molecule has 0 heterocycles. The lowest BCUT2D eigenvalue weighted by Crippen LogP contribution is -2.18. The van der Waals surface area contributed by atoms with Crippen LogP contribution in [-0.4, -0.2) is 25.8 Å². The highest BCUT2D eigenvalue weighted by Crippen LogP contribution is 1.87. The van der Waals surface area contributed by atoms with Crippen molar-refractivity contribution in [1.29, 1.82) is 0 Å². The molecule has 0 aliphatic rings. The number of carbonyl (C=O) groups is 2. The molecule has 68 valence electrons. The SMILES string of the molecule is COC(=O)C=C(N)COC(N)=O. The molecule has 0 saturated heterocycles. The lowest BCUT2D eigenvalue weighted by Gasteiger charge is -2.00. The van der Waals surface area contributed by atoms with E-state index in [2.05, 4.69) is 15.2 Å². The Kier molecular flexibility index (Phi) is 4.28. The molecule has 1 amide bonds. The van der Waals surface area contributed by atoms with E-state index in [0.29, 0.717) is 0 Å². The molecule has 4 N–H and O–H groups in total. The minimum absolute atomic E-state index is 0.0700. The Hall–Kier alpha value is -1.72. The minimum atomic E-state index is -0.948. The number of methoxy groups -OCH3 is 1. The summed E-state index contributed by atoms with van der Waals surface area (Å²) in [4.78, 5) is 20.6. The first kappa shape index (κ1) is 10.3. The van der Waals surface area contributed by atoms with Crippen molar-refractivity contribution >= 4 is 12.1 Å².